The summed E-state index contributed by atoms with van der Waals surface area (Å²) >= 11 is 0. The lowest BCUT2D eigenvalue weighted by Gasteiger charge is -2.29. The average molecular weight is 377 g/mol. The van der Waals surface area contributed by atoms with E-state index in [1.165, 1.54) is 0 Å². The molecular weight excluding hydrogens is 356 g/mol. The van der Waals surface area contributed by atoms with Crippen molar-refractivity contribution in [3.05, 3.63) is 53.7 Å². The molecule has 0 aliphatic carbocycles. The minimum absolute atomic E-state index is 0. The van der Waals surface area contributed by atoms with Crippen molar-refractivity contribution >= 4 is 29.9 Å². The third kappa shape index (κ3) is 3.63. The number of amides is 2. The highest BCUT2D eigenvalue weighted by Gasteiger charge is 2.35. The van der Waals surface area contributed by atoms with Gasteiger partial charge in [0.15, 0.2) is 6.10 Å². The monoisotopic (exact) mass is 376 g/mol. The fourth-order valence-corrected chi connectivity index (χ4v) is 2.65. The predicted octanol–water partition coefficient (Wildman–Crippen LogP) is 1.37. The molecule has 1 aliphatic rings. The van der Waals surface area contributed by atoms with Crippen LogP contribution >= 0.6 is 12.4 Å². The maximum absolute atomic E-state index is 12.3. The van der Waals surface area contributed by atoms with E-state index in [1.54, 1.807) is 26.1 Å². The van der Waals surface area contributed by atoms with Crippen LogP contribution in [0.3, 0.4) is 0 Å². The van der Waals surface area contributed by atoms with Gasteiger partial charge in [0.25, 0.3) is 5.91 Å². The van der Waals surface area contributed by atoms with Crippen LogP contribution in [0, 0.1) is 0 Å². The minimum Gasteiger partial charge on any atom is -0.462 e. The number of carbonyl (C=O) groups excluding carboxylic acids is 2. The maximum Gasteiger partial charge on any atom is 0.266 e. The standard InChI is InChI=1S/C18H20N4O3.ClH/c1-18(20-2,17(19)24)14-9-8-12-16(22-14)25-13(15(23)21-12)10-11-6-4-3-5-7-11;/h3-9,13,20H,10H2,1-2H3,(H2,19,24)(H,21,23);1H/t13-,18?;/m0./s1. The molecule has 0 fully saturated rings. The van der Waals surface area contributed by atoms with E-state index >= 15 is 0 Å². The zero-order chi connectivity index (χ0) is 18.0. The quantitative estimate of drug-likeness (QED) is 0.730. The normalized spacial score (nSPS) is 17.8. The van der Waals surface area contributed by atoms with E-state index in [-0.39, 0.29) is 24.2 Å². The molecule has 2 aromatic rings. The number of nitrogens with one attached hydrogen (secondary N) is 2. The molecule has 7 nitrogen and oxygen atoms in total. The number of halogens is 1. The van der Waals surface area contributed by atoms with Crippen LogP contribution in [0.15, 0.2) is 42.5 Å². The Bertz CT molecular complexity index is 815. The molecule has 0 bridgehead atoms. The molecule has 0 spiro atoms. The Morgan fingerprint density at radius 1 is 1.31 bits per heavy atom. The Kier molecular flexibility index (Phi) is 5.84. The predicted molar refractivity (Wildman–Crippen MR) is 100 cm³/mol. The summed E-state index contributed by atoms with van der Waals surface area (Å²) in [4.78, 5) is 28.4. The first-order valence-electron chi connectivity index (χ1n) is 7.96. The summed E-state index contributed by atoms with van der Waals surface area (Å²) in [7, 11) is 1.63. The smallest absolute Gasteiger partial charge is 0.266 e. The molecule has 26 heavy (non-hydrogen) atoms. The largest absolute Gasteiger partial charge is 0.462 e. The van der Waals surface area contributed by atoms with Crippen LogP contribution in [0.1, 0.15) is 18.2 Å². The molecular formula is C18H21ClN4O3. The molecule has 1 aromatic heterocycles. The third-order valence-electron chi connectivity index (χ3n) is 4.43. The van der Waals surface area contributed by atoms with E-state index in [4.69, 9.17) is 10.5 Å². The lowest BCUT2D eigenvalue weighted by Crippen LogP contribution is -2.49. The van der Waals surface area contributed by atoms with Gasteiger partial charge >= 0.3 is 0 Å². The molecule has 1 aliphatic heterocycles. The molecule has 2 heterocycles. The number of carbonyl (C=O) groups is 2. The van der Waals surface area contributed by atoms with Gasteiger partial charge in [-0.15, -0.1) is 12.4 Å². The average Bonchev–Trinajstić information content (AvgIpc) is 2.62. The summed E-state index contributed by atoms with van der Waals surface area (Å²) in [5.74, 6) is -0.499. The summed E-state index contributed by atoms with van der Waals surface area (Å²) in [5, 5.41) is 5.67. The van der Waals surface area contributed by atoms with E-state index in [9.17, 15) is 9.59 Å². The number of hydrogen-bond acceptors (Lipinski definition) is 5. The number of ether oxygens (including phenoxy) is 1. The molecule has 138 valence electrons. The number of pyridine rings is 1. The summed E-state index contributed by atoms with van der Waals surface area (Å²) < 4.78 is 5.81. The molecule has 4 N–H and O–H groups in total. The van der Waals surface area contributed by atoms with Gasteiger partial charge in [0.05, 0.1) is 5.69 Å². The second-order valence-electron chi connectivity index (χ2n) is 6.07. The highest BCUT2D eigenvalue weighted by molar-refractivity contribution is 5.97. The number of anilines is 1. The summed E-state index contributed by atoms with van der Waals surface area (Å²) in [6, 6.07) is 12.9. The second kappa shape index (κ2) is 7.72. The van der Waals surface area contributed by atoms with Gasteiger partial charge in [0.1, 0.15) is 11.2 Å². The Morgan fingerprint density at radius 2 is 2.00 bits per heavy atom. The third-order valence-corrected chi connectivity index (χ3v) is 4.43. The van der Waals surface area contributed by atoms with Crippen LogP contribution in [0.2, 0.25) is 0 Å². The van der Waals surface area contributed by atoms with E-state index in [1.807, 2.05) is 30.3 Å². The summed E-state index contributed by atoms with van der Waals surface area (Å²) in [6.07, 6.45) is -0.260. The molecule has 8 heteroatoms. The number of aromatic nitrogens is 1. The van der Waals surface area contributed by atoms with Gasteiger partial charge in [-0.05, 0) is 31.7 Å². The number of fused-ring (bicyclic) bond motifs is 1. The Hall–Kier alpha value is -2.64. The van der Waals surface area contributed by atoms with Gasteiger partial charge in [0.2, 0.25) is 11.8 Å². The topological polar surface area (TPSA) is 106 Å². The van der Waals surface area contributed by atoms with E-state index in [0.29, 0.717) is 17.8 Å². The Balaban J connectivity index is 0.00000243. The Labute approximate surface area is 157 Å². The molecule has 0 saturated carbocycles. The zero-order valence-corrected chi connectivity index (χ0v) is 15.3. The lowest BCUT2D eigenvalue weighted by molar-refractivity contribution is -0.125. The van der Waals surface area contributed by atoms with Gasteiger partial charge < -0.3 is 21.1 Å². The number of benzene rings is 1. The van der Waals surface area contributed by atoms with Gasteiger partial charge in [-0.2, -0.15) is 0 Å². The fourth-order valence-electron chi connectivity index (χ4n) is 2.65. The number of primary amides is 1. The number of likely N-dealkylation sites (N-methyl/N-ethyl adjacent to an activating group) is 1. The zero-order valence-electron chi connectivity index (χ0n) is 14.5. The van der Waals surface area contributed by atoms with Gasteiger partial charge in [-0.25, -0.2) is 4.98 Å². The van der Waals surface area contributed by atoms with Crippen molar-refractivity contribution in [3.63, 3.8) is 0 Å². The fraction of sp³-hybridized carbons (Fsp3) is 0.278. The summed E-state index contributed by atoms with van der Waals surface area (Å²) in [6.45, 7) is 1.65. The Morgan fingerprint density at radius 3 is 2.62 bits per heavy atom. The second-order valence-corrected chi connectivity index (χ2v) is 6.07. The highest BCUT2D eigenvalue weighted by atomic mass is 35.5. The molecule has 3 rings (SSSR count). The number of rotatable bonds is 5. The van der Waals surface area contributed by atoms with Crippen molar-refractivity contribution < 1.29 is 14.3 Å². The molecule has 0 saturated heterocycles. The van der Waals surface area contributed by atoms with E-state index in [2.05, 4.69) is 15.6 Å². The van der Waals surface area contributed by atoms with Crippen LogP contribution in [0.4, 0.5) is 5.69 Å². The highest BCUT2D eigenvalue weighted by Crippen LogP contribution is 2.31. The summed E-state index contributed by atoms with van der Waals surface area (Å²) in [5.41, 5.74) is 6.24. The van der Waals surface area contributed by atoms with Crippen molar-refractivity contribution in [2.75, 3.05) is 12.4 Å². The van der Waals surface area contributed by atoms with Crippen LogP contribution in [-0.2, 0) is 21.5 Å². The van der Waals surface area contributed by atoms with Crippen LogP contribution in [-0.4, -0.2) is 29.9 Å². The van der Waals surface area contributed by atoms with Crippen molar-refractivity contribution in [2.45, 2.75) is 25.0 Å². The van der Waals surface area contributed by atoms with Crippen molar-refractivity contribution in [1.29, 1.82) is 0 Å². The first-order chi connectivity index (χ1) is 11.9. The van der Waals surface area contributed by atoms with E-state index in [0.717, 1.165) is 5.56 Å². The molecule has 1 aromatic carbocycles. The van der Waals surface area contributed by atoms with Crippen LogP contribution in [0.5, 0.6) is 5.88 Å². The lowest BCUT2D eigenvalue weighted by atomic mass is 9.96. The number of nitrogens with zero attached hydrogens (tertiary/aromatic N) is 1. The first-order valence-corrected chi connectivity index (χ1v) is 7.96. The molecule has 0 radical (unpaired) electrons. The van der Waals surface area contributed by atoms with E-state index < -0.39 is 17.6 Å². The number of nitrogens with two attached hydrogens (primary N) is 1. The van der Waals surface area contributed by atoms with Gasteiger partial charge in [0, 0.05) is 6.42 Å². The van der Waals surface area contributed by atoms with Crippen molar-refractivity contribution in [2.24, 2.45) is 5.73 Å². The molecule has 2 atom stereocenters. The molecule has 2 amide bonds. The van der Waals surface area contributed by atoms with Crippen LogP contribution < -0.4 is 21.1 Å². The van der Waals surface area contributed by atoms with Gasteiger partial charge in [-0.1, -0.05) is 30.3 Å². The first kappa shape index (κ1) is 19.7. The van der Waals surface area contributed by atoms with Crippen molar-refractivity contribution in [3.8, 4) is 5.88 Å². The maximum atomic E-state index is 12.3. The van der Waals surface area contributed by atoms with Crippen LogP contribution in [0.25, 0.3) is 0 Å². The number of hydrogen-bond donors (Lipinski definition) is 3. The molecule has 1 unspecified atom stereocenters. The minimum atomic E-state index is -1.13. The van der Waals surface area contributed by atoms with Gasteiger partial charge in [-0.3, -0.25) is 9.59 Å². The van der Waals surface area contributed by atoms with Crippen molar-refractivity contribution in [1.82, 2.24) is 10.3 Å². The SMILES string of the molecule is CNC(C)(C(N)=O)c1ccc2c(n1)O[C@@H](Cc1ccccc1)C(=O)N2.Cl.